The molecule has 1 aliphatic carbocycles. The van der Waals surface area contributed by atoms with Gasteiger partial charge in [0.05, 0.1) is 5.41 Å². The Morgan fingerprint density at radius 2 is 0.718 bits per heavy atom. The van der Waals surface area contributed by atoms with Gasteiger partial charge in [-0.1, -0.05) is 200 Å². The van der Waals surface area contributed by atoms with Crippen LogP contribution in [0.3, 0.4) is 0 Å². The first-order valence-corrected chi connectivity index (χ1v) is 27.0. The van der Waals surface area contributed by atoms with Crippen molar-refractivity contribution < 1.29 is 0 Å². The van der Waals surface area contributed by atoms with Gasteiger partial charge < -0.3 is 9.80 Å². The molecule has 0 amide bonds. The Bertz CT molecular complexity index is 2800. The number of nitrogens with zero attached hydrogens (tertiary/aromatic N) is 2. The Labute approximate surface area is 427 Å². The van der Waals surface area contributed by atoms with Crippen molar-refractivity contribution in [1.82, 2.24) is 0 Å². The van der Waals surface area contributed by atoms with Gasteiger partial charge in [-0.2, -0.15) is 0 Å². The molecule has 0 N–H and O–H groups in total. The number of aryl methyl sites for hydroxylation is 4. The molecule has 2 nitrogen and oxygen atoms in total. The largest absolute Gasteiger partial charge is 0.310 e. The average molecular weight is 933 g/mol. The third-order valence-electron chi connectivity index (χ3n) is 15.2. The summed E-state index contributed by atoms with van der Waals surface area (Å²) in [6.45, 7) is 18.1. The van der Waals surface area contributed by atoms with E-state index in [2.05, 4.69) is 247 Å². The molecule has 0 fully saturated rings. The van der Waals surface area contributed by atoms with E-state index in [1.54, 1.807) is 0 Å². The Hall–Kier alpha value is -6.64. The number of anilines is 6. The zero-order valence-electron chi connectivity index (χ0n) is 43.9. The van der Waals surface area contributed by atoms with Crippen molar-refractivity contribution >= 4 is 34.1 Å². The highest BCUT2D eigenvalue weighted by Gasteiger charge is 2.47. The second-order valence-electron chi connectivity index (χ2n) is 21.1. The molecule has 0 atom stereocenters. The topological polar surface area (TPSA) is 6.48 Å². The predicted molar refractivity (Wildman–Crippen MR) is 306 cm³/mol. The minimum absolute atomic E-state index is 0.451. The van der Waals surface area contributed by atoms with Gasteiger partial charge in [0, 0.05) is 34.1 Å². The minimum Gasteiger partial charge on any atom is -0.310 e. The average Bonchev–Trinajstić information content (AvgIpc) is 3.68. The number of benzene rings is 8. The van der Waals surface area contributed by atoms with E-state index in [0.717, 1.165) is 47.0 Å². The van der Waals surface area contributed by atoms with E-state index in [9.17, 15) is 0 Å². The van der Waals surface area contributed by atoms with E-state index >= 15 is 0 Å². The molecule has 71 heavy (non-hydrogen) atoms. The van der Waals surface area contributed by atoms with E-state index in [1.807, 2.05) is 0 Å². The van der Waals surface area contributed by atoms with Gasteiger partial charge in [0.15, 0.2) is 0 Å². The molecule has 0 spiro atoms. The van der Waals surface area contributed by atoms with Crippen LogP contribution in [0.4, 0.5) is 34.1 Å². The van der Waals surface area contributed by atoms with Gasteiger partial charge in [-0.25, -0.2) is 0 Å². The monoisotopic (exact) mass is 933 g/mol. The lowest BCUT2D eigenvalue weighted by Crippen LogP contribution is -2.29. The number of hydrogen-bond donors (Lipinski definition) is 0. The molecular formula is C69H76N2. The molecule has 0 saturated heterocycles. The van der Waals surface area contributed by atoms with Crippen LogP contribution in [0.25, 0.3) is 11.1 Å². The Kier molecular flexibility index (Phi) is 15.4. The van der Waals surface area contributed by atoms with Gasteiger partial charge in [0.25, 0.3) is 0 Å². The number of hydrogen-bond acceptors (Lipinski definition) is 2. The molecule has 0 aromatic heterocycles. The summed E-state index contributed by atoms with van der Waals surface area (Å²) in [5, 5.41) is 0. The number of fused-ring (bicyclic) bond motifs is 3. The van der Waals surface area contributed by atoms with E-state index in [0.29, 0.717) is 11.8 Å². The van der Waals surface area contributed by atoms with Crippen molar-refractivity contribution in [3.8, 4) is 11.1 Å². The smallest absolute Gasteiger partial charge is 0.0715 e. The van der Waals surface area contributed by atoms with Crippen LogP contribution in [0.15, 0.2) is 182 Å². The van der Waals surface area contributed by atoms with Crippen molar-refractivity contribution in [3.63, 3.8) is 0 Å². The Balaban J connectivity index is 1.33. The van der Waals surface area contributed by atoms with E-state index in [4.69, 9.17) is 0 Å². The van der Waals surface area contributed by atoms with Gasteiger partial charge in [0.2, 0.25) is 0 Å². The van der Waals surface area contributed by atoms with Gasteiger partial charge in [0.1, 0.15) is 0 Å². The molecule has 362 valence electrons. The van der Waals surface area contributed by atoms with Crippen LogP contribution in [-0.4, -0.2) is 0 Å². The fourth-order valence-electron chi connectivity index (χ4n) is 11.1. The zero-order chi connectivity index (χ0) is 49.5. The molecule has 8 aromatic rings. The molecule has 0 heterocycles. The quantitative estimate of drug-likeness (QED) is 0.0703. The summed E-state index contributed by atoms with van der Waals surface area (Å²) >= 11 is 0. The molecular weight excluding hydrogens is 857 g/mol. The van der Waals surface area contributed by atoms with Gasteiger partial charge in [-0.15, -0.1) is 0 Å². The maximum atomic E-state index is 2.57. The molecule has 0 bridgehead atoms. The van der Waals surface area contributed by atoms with Crippen molar-refractivity contribution in [3.05, 3.63) is 238 Å². The molecule has 0 unspecified atom stereocenters. The lowest BCUT2D eigenvalue weighted by atomic mass is 9.67. The first-order valence-electron chi connectivity index (χ1n) is 27.0. The number of rotatable bonds is 20. The fourth-order valence-corrected chi connectivity index (χ4v) is 11.1. The summed E-state index contributed by atoms with van der Waals surface area (Å²) in [5.41, 5.74) is 22.2. The normalized spacial score (nSPS) is 12.6. The Morgan fingerprint density at radius 3 is 1.07 bits per heavy atom. The first-order chi connectivity index (χ1) is 34.6. The third-order valence-corrected chi connectivity index (χ3v) is 15.2. The molecule has 2 heteroatoms. The second-order valence-corrected chi connectivity index (χ2v) is 21.1. The van der Waals surface area contributed by atoms with Gasteiger partial charge in [-0.05, 0) is 180 Å². The summed E-state index contributed by atoms with van der Waals surface area (Å²) in [6.07, 6.45) is 12.1. The SMILES string of the molecule is CCCCCCc1cccc(C2(c3cccc(CCCCCC)c3)c3cc(N(c4ccc(C)cc4)c4ccc(C(C)C)cc4)ccc3-c3ccc(N(c4ccc(C)cc4)c4ccc(C(C)C)cc4)cc32)c1. The van der Waals surface area contributed by atoms with Gasteiger partial charge >= 0.3 is 0 Å². The third kappa shape index (κ3) is 10.4. The van der Waals surface area contributed by atoms with Crippen LogP contribution < -0.4 is 9.80 Å². The molecule has 0 saturated carbocycles. The summed E-state index contributed by atoms with van der Waals surface area (Å²) in [6, 6.07) is 70.7. The molecule has 8 aromatic carbocycles. The van der Waals surface area contributed by atoms with Crippen LogP contribution in [0.2, 0.25) is 0 Å². The maximum Gasteiger partial charge on any atom is 0.0715 e. The highest BCUT2D eigenvalue weighted by atomic mass is 15.1. The first kappa shape index (κ1) is 49.3. The molecule has 9 rings (SSSR count). The van der Waals surface area contributed by atoms with Crippen LogP contribution >= 0.6 is 0 Å². The summed E-state index contributed by atoms with van der Waals surface area (Å²) in [5.74, 6) is 0.902. The predicted octanol–water partition coefficient (Wildman–Crippen LogP) is 20.1. The summed E-state index contributed by atoms with van der Waals surface area (Å²) in [4.78, 5) is 4.94. The van der Waals surface area contributed by atoms with Crippen LogP contribution in [0.1, 0.15) is 160 Å². The van der Waals surface area contributed by atoms with Gasteiger partial charge in [-0.3, -0.25) is 0 Å². The number of unbranched alkanes of at least 4 members (excludes halogenated alkanes) is 6. The lowest BCUT2D eigenvalue weighted by Gasteiger charge is -2.36. The molecule has 1 aliphatic rings. The maximum absolute atomic E-state index is 2.57. The van der Waals surface area contributed by atoms with Crippen LogP contribution in [0.5, 0.6) is 0 Å². The fraction of sp³-hybridized carbons (Fsp3) is 0.304. The lowest BCUT2D eigenvalue weighted by molar-refractivity contribution is 0.664. The van der Waals surface area contributed by atoms with E-state index < -0.39 is 5.41 Å². The highest BCUT2D eigenvalue weighted by molar-refractivity contribution is 5.92. The summed E-state index contributed by atoms with van der Waals surface area (Å²) in [7, 11) is 0. The van der Waals surface area contributed by atoms with Crippen molar-refractivity contribution in [2.24, 2.45) is 0 Å². The van der Waals surface area contributed by atoms with Crippen LogP contribution in [-0.2, 0) is 18.3 Å². The van der Waals surface area contributed by atoms with Crippen molar-refractivity contribution in [2.75, 3.05) is 9.80 Å². The Morgan fingerprint density at radius 1 is 0.366 bits per heavy atom. The second kappa shape index (κ2) is 22.2. The van der Waals surface area contributed by atoms with E-state index in [1.165, 1.54) is 118 Å². The van der Waals surface area contributed by atoms with E-state index in [-0.39, 0.29) is 0 Å². The van der Waals surface area contributed by atoms with Crippen LogP contribution in [0, 0.1) is 13.8 Å². The van der Waals surface area contributed by atoms with Crippen molar-refractivity contribution in [1.29, 1.82) is 0 Å². The standard InChI is InChI=1S/C69H76N2/c1-9-11-13-15-19-53-21-17-23-57(45-53)69(58-24-18-22-54(46-58)20-16-14-12-10-2)67-47-63(70(59-33-25-51(7)26-34-59)61-37-29-55(30-38-61)49(3)4)41-43-65(67)66-44-42-64(48-68(66)69)71(60-35-27-52(8)28-36-60)62-39-31-56(32-40-62)50(5)6/h17-18,21-50H,9-16,19-20H2,1-8H3. The van der Waals surface area contributed by atoms with Crippen molar-refractivity contribution in [2.45, 2.75) is 137 Å². The zero-order valence-corrected chi connectivity index (χ0v) is 43.9. The highest BCUT2D eigenvalue weighted by Crippen LogP contribution is 2.59. The summed E-state index contributed by atoms with van der Waals surface area (Å²) < 4.78 is 0. The molecule has 0 radical (unpaired) electrons. The molecule has 0 aliphatic heterocycles. The minimum atomic E-state index is -0.629.